The minimum absolute atomic E-state index is 0.0638. The van der Waals surface area contributed by atoms with Crippen molar-refractivity contribution >= 4 is 17.3 Å². The van der Waals surface area contributed by atoms with E-state index >= 15 is 0 Å². The van der Waals surface area contributed by atoms with E-state index in [4.69, 9.17) is 15.1 Å². The Hall–Kier alpha value is -2.39. The number of carboxylic acids is 1. The van der Waals surface area contributed by atoms with Gasteiger partial charge < -0.3 is 9.84 Å². The summed E-state index contributed by atoms with van der Waals surface area (Å²) in [5.41, 5.74) is 0.536. The number of aryl methyl sites for hydroxylation is 1. The summed E-state index contributed by atoms with van der Waals surface area (Å²) in [5.74, 6) is -1.35. The lowest BCUT2D eigenvalue weighted by Gasteiger charge is -2.06. The molecule has 0 bridgehead atoms. The van der Waals surface area contributed by atoms with Crippen molar-refractivity contribution in [3.05, 3.63) is 51.0 Å². The van der Waals surface area contributed by atoms with Gasteiger partial charge in [-0.15, -0.1) is 11.3 Å². The van der Waals surface area contributed by atoms with Gasteiger partial charge in [0.1, 0.15) is 24.2 Å². The molecule has 0 radical (unpaired) electrons. The van der Waals surface area contributed by atoms with E-state index in [1.165, 1.54) is 18.2 Å². The second-order valence-corrected chi connectivity index (χ2v) is 5.33. The summed E-state index contributed by atoms with van der Waals surface area (Å²) in [6.07, 6.45) is 0. The van der Waals surface area contributed by atoms with Gasteiger partial charge in [-0.25, -0.2) is 9.18 Å². The summed E-state index contributed by atoms with van der Waals surface area (Å²) in [5, 5.41) is 17.8. The van der Waals surface area contributed by atoms with Crippen LogP contribution in [0.4, 0.5) is 4.39 Å². The van der Waals surface area contributed by atoms with E-state index in [1.54, 1.807) is 19.1 Å². The molecule has 0 unspecified atom stereocenters. The molecule has 1 heterocycles. The van der Waals surface area contributed by atoms with Crippen LogP contribution in [-0.2, 0) is 6.61 Å². The molecule has 1 aromatic carbocycles. The van der Waals surface area contributed by atoms with Gasteiger partial charge in [-0.2, -0.15) is 5.26 Å². The number of carboxylic acid groups (broad SMARTS) is 1. The van der Waals surface area contributed by atoms with E-state index in [0.717, 1.165) is 16.2 Å². The highest BCUT2D eigenvalue weighted by atomic mass is 32.1. The van der Waals surface area contributed by atoms with Crippen molar-refractivity contribution in [1.29, 1.82) is 5.26 Å². The normalized spacial score (nSPS) is 10.1. The van der Waals surface area contributed by atoms with Gasteiger partial charge in [0.2, 0.25) is 0 Å². The molecule has 0 saturated heterocycles. The highest BCUT2D eigenvalue weighted by Gasteiger charge is 2.15. The van der Waals surface area contributed by atoms with Crippen molar-refractivity contribution in [2.45, 2.75) is 13.5 Å². The molecule has 0 aliphatic rings. The van der Waals surface area contributed by atoms with E-state index in [0.29, 0.717) is 5.56 Å². The summed E-state index contributed by atoms with van der Waals surface area (Å²) >= 11 is 1.13. The SMILES string of the molecule is Cc1cc(OCc2ccc(F)c(C#N)c2)c(C(=O)O)s1. The zero-order valence-electron chi connectivity index (χ0n) is 10.5. The fraction of sp³-hybridized carbons (Fsp3) is 0.143. The lowest BCUT2D eigenvalue weighted by molar-refractivity contribution is 0.0697. The molecule has 1 aromatic heterocycles. The molecule has 20 heavy (non-hydrogen) atoms. The third-order valence-corrected chi connectivity index (χ3v) is 3.58. The molecular formula is C14H10FNO3S. The quantitative estimate of drug-likeness (QED) is 0.937. The van der Waals surface area contributed by atoms with Crippen LogP contribution in [-0.4, -0.2) is 11.1 Å². The first-order valence-corrected chi connectivity index (χ1v) is 6.48. The van der Waals surface area contributed by atoms with Gasteiger partial charge in [0, 0.05) is 4.88 Å². The van der Waals surface area contributed by atoms with E-state index in [9.17, 15) is 9.18 Å². The molecule has 4 nitrogen and oxygen atoms in total. The molecule has 0 atom stereocenters. The first-order valence-electron chi connectivity index (χ1n) is 5.66. The van der Waals surface area contributed by atoms with E-state index in [-0.39, 0.29) is 22.8 Å². The molecule has 2 aromatic rings. The summed E-state index contributed by atoms with van der Waals surface area (Å²) in [4.78, 5) is 12.0. The second-order valence-electron chi connectivity index (χ2n) is 4.07. The molecule has 102 valence electrons. The van der Waals surface area contributed by atoms with E-state index in [1.807, 2.05) is 0 Å². The van der Waals surface area contributed by atoms with Crippen molar-refractivity contribution < 1.29 is 19.0 Å². The Morgan fingerprint density at radius 1 is 1.50 bits per heavy atom. The summed E-state index contributed by atoms with van der Waals surface area (Å²) in [6.45, 7) is 1.86. The number of nitrogens with zero attached hydrogens (tertiary/aromatic N) is 1. The zero-order chi connectivity index (χ0) is 14.7. The minimum atomic E-state index is -1.05. The number of thiophene rings is 1. The molecule has 6 heteroatoms. The molecule has 1 N–H and O–H groups in total. The maximum absolute atomic E-state index is 13.2. The van der Waals surface area contributed by atoms with Crippen LogP contribution in [0.3, 0.4) is 0 Å². The van der Waals surface area contributed by atoms with Crippen LogP contribution in [0, 0.1) is 24.1 Å². The number of hydrogen-bond acceptors (Lipinski definition) is 4. The number of halogens is 1. The smallest absolute Gasteiger partial charge is 0.349 e. The fourth-order valence-electron chi connectivity index (χ4n) is 1.66. The van der Waals surface area contributed by atoms with Crippen molar-refractivity contribution in [1.82, 2.24) is 0 Å². The lowest BCUT2D eigenvalue weighted by Crippen LogP contribution is -2.00. The Balaban J connectivity index is 2.17. The second kappa shape index (κ2) is 5.72. The molecule has 0 amide bonds. The topological polar surface area (TPSA) is 70.3 Å². The van der Waals surface area contributed by atoms with Crippen LogP contribution in [0.5, 0.6) is 5.75 Å². The highest BCUT2D eigenvalue weighted by molar-refractivity contribution is 7.14. The van der Waals surface area contributed by atoms with Crippen LogP contribution in [0.25, 0.3) is 0 Å². The molecule has 0 aliphatic carbocycles. The third kappa shape index (κ3) is 2.95. The lowest BCUT2D eigenvalue weighted by atomic mass is 10.1. The first kappa shape index (κ1) is 14.0. The van der Waals surface area contributed by atoms with Gasteiger partial charge in [-0.3, -0.25) is 0 Å². The fourth-order valence-corrected chi connectivity index (χ4v) is 2.45. The number of ether oxygens (including phenoxy) is 1. The number of nitriles is 1. The number of rotatable bonds is 4. The standard InChI is InChI=1S/C14H10FNO3S/c1-8-4-12(13(20-8)14(17)18)19-7-9-2-3-11(15)10(5-9)6-16/h2-5H,7H2,1H3,(H,17,18). The Kier molecular flexibility index (Phi) is 4.01. The maximum Gasteiger partial charge on any atom is 0.349 e. The van der Waals surface area contributed by atoms with E-state index in [2.05, 4.69) is 0 Å². The number of benzene rings is 1. The van der Waals surface area contributed by atoms with Gasteiger partial charge in [0.25, 0.3) is 0 Å². The zero-order valence-corrected chi connectivity index (χ0v) is 11.3. The first-order chi connectivity index (χ1) is 9.51. The summed E-state index contributed by atoms with van der Waals surface area (Å²) < 4.78 is 18.6. The van der Waals surface area contributed by atoms with Crippen molar-refractivity contribution in [3.63, 3.8) is 0 Å². The maximum atomic E-state index is 13.2. The molecule has 0 saturated carbocycles. The van der Waals surface area contributed by atoms with Crippen LogP contribution < -0.4 is 4.74 Å². The van der Waals surface area contributed by atoms with Gasteiger partial charge in [0.05, 0.1) is 5.56 Å². The Bertz CT molecular complexity index is 703. The Morgan fingerprint density at radius 2 is 2.25 bits per heavy atom. The average Bonchev–Trinajstić information content (AvgIpc) is 2.79. The molecule has 0 aliphatic heterocycles. The van der Waals surface area contributed by atoms with Crippen molar-refractivity contribution in [3.8, 4) is 11.8 Å². The summed E-state index contributed by atoms with van der Waals surface area (Å²) in [6, 6.07) is 7.46. The van der Waals surface area contributed by atoms with Gasteiger partial charge in [0.15, 0.2) is 4.88 Å². The molecular weight excluding hydrogens is 281 g/mol. The van der Waals surface area contributed by atoms with Crippen LogP contribution in [0.2, 0.25) is 0 Å². The average molecular weight is 291 g/mol. The van der Waals surface area contributed by atoms with Gasteiger partial charge in [-0.05, 0) is 30.7 Å². The predicted molar refractivity (Wildman–Crippen MR) is 71.5 cm³/mol. The Morgan fingerprint density at radius 3 is 2.90 bits per heavy atom. The van der Waals surface area contributed by atoms with Crippen LogP contribution in [0.1, 0.15) is 25.7 Å². The predicted octanol–water partition coefficient (Wildman–Crippen LogP) is 3.34. The monoisotopic (exact) mass is 291 g/mol. The number of aromatic carboxylic acids is 1. The highest BCUT2D eigenvalue weighted by Crippen LogP contribution is 2.29. The van der Waals surface area contributed by atoms with Crippen molar-refractivity contribution in [2.75, 3.05) is 0 Å². The third-order valence-electron chi connectivity index (χ3n) is 2.56. The van der Waals surface area contributed by atoms with Gasteiger partial charge >= 0.3 is 5.97 Å². The minimum Gasteiger partial charge on any atom is -0.487 e. The number of hydrogen-bond donors (Lipinski definition) is 1. The summed E-state index contributed by atoms with van der Waals surface area (Å²) in [7, 11) is 0. The van der Waals surface area contributed by atoms with E-state index < -0.39 is 11.8 Å². The van der Waals surface area contributed by atoms with Crippen LogP contribution in [0.15, 0.2) is 24.3 Å². The molecule has 0 spiro atoms. The molecule has 0 fully saturated rings. The van der Waals surface area contributed by atoms with Crippen molar-refractivity contribution in [2.24, 2.45) is 0 Å². The van der Waals surface area contributed by atoms with Crippen LogP contribution >= 0.6 is 11.3 Å². The Labute approximate surface area is 118 Å². The number of carbonyl (C=O) groups is 1. The molecule has 2 rings (SSSR count). The largest absolute Gasteiger partial charge is 0.487 e. The van der Waals surface area contributed by atoms with Gasteiger partial charge in [-0.1, -0.05) is 6.07 Å².